The van der Waals surface area contributed by atoms with Crippen molar-refractivity contribution in [1.82, 2.24) is 10.6 Å². The molecular weight excluding hydrogens is 323 g/mol. The van der Waals surface area contributed by atoms with Gasteiger partial charge in [0.05, 0.1) is 6.04 Å². The molecule has 0 aromatic carbocycles. The molecule has 0 saturated heterocycles. The maximum Gasteiger partial charge on any atom is 0.326 e. The molecule has 8 nitrogen and oxygen atoms in total. The first-order valence-corrected chi connectivity index (χ1v) is 5.99. The number of carboxylic acids is 1. The van der Waals surface area contributed by atoms with Gasteiger partial charge in [-0.15, -0.1) is 24.8 Å². The zero-order chi connectivity index (χ0) is 15.2. The van der Waals surface area contributed by atoms with E-state index in [-0.39, 0.29) is 37.3 Å². The molecule has 21 heavy (non-hydrogen) atoms. The Kier molecular flexibility index (Phi) is 13.7. The average molecular weight is 347 g/mol. The number of amides is 2. The van der Waals surface area contributed by atoms with Crippen LogP contribution >= 0.6 is 24.8 Å². The number of carboxylic acid groups (broad SMARTS) is 1. The summed E-state index contributed by atoms with van der Waals surface area (Å²) in [6.07, 6.45) is 0. The summed E-state index contributed by atoms with van der Waals surface area (Å²) in [7, 11) is 0. The summed E-state index contributed by atoms with van der Waals surface area (Å²) in [6, 6.07) is -2.78. The number of halogens is 2. The molecule has 0 bridgehead atoms. The van der Waals surface area contributed by atoms with E-state index in [0.29, 0.717) is 0 Å². The molecule has 10 heteroatoms. The number of hydrogen-bond acceptors (Lipinski definition) is 5. The summed E-state index contributed by atoms with van der Waals surface area (Å²) < 4.78 is 0. The number of rotatable bonds is 7. The van der Waals surface area contributed by atoms with Crippen molar-refractivity contribution in [2.45, 2.75) is 38.9 Å². The molecule has 0 aromatic heterocycles. The van der Waals surface area contributed by atoms with Crippen molar-refractivity contribution >= 4 is 42.6 Å². The van der Waals surface area contributed by atoms with Crippen molar-refractivity contribution in [1.29, 1.82) is 0 Å². The minimum absolute atomic E-state index is 0. The van der Waals surface area contributed by atoms with Gasteiger partial charge < -0.3 is 27.2 Å². The summed E-state index contributed by atoms with van der Waals surface area (Å²) in [6.45, 7) is 4.75. The van der Waals surface area contributed by atoms with Crippen molar-refractivity contribution in [2.24, 2.45) is 17.4 Å². The molecule has 0 aliphatic rings. The third kappa shape index (κ3) is 8.71. The lowest BCUT2D eigenvalue weighted by Crippen LogP contribution is -2.55. The molecule has 0 rings (SSSR count). The molecule has 2 amide bonds. The molecular formula is C11H24Cl2N4O4. The lowest BCUT2D eigenvalue weighted by Gasteiger charge is -2.21. The van der Waals surface area contributed by atoms with Crippen LogP contribution in [0.2, 0.25) is 0 Å². The van der Waals surface area contributed by atoms with Gasteiger partial charge in [-0.2, -0.15) is 0 Å². The molecule has 0 saturated carbocycles. The Hall–Kier alpha value is -1.09. The Morgan fingerprint density at radius 1 is 1.05 bits per heavy atom. The van der Waals surface area contributed by atoms with Crippen LogP contribution in [0.4, 0.5) is 0 Å². The molecule has 126 valence electrons. The maximum atomic E-state index is 11.7. The summed E-state index contributed by atoms with van der Waals surface area (Å²) in [5, 5.41) is 13.7. The van der Waals surface area contributed by atoms with E-state index >= 15 is 0 Å². The Bertz CT molecular complexity index is 355. The van der Waals surface area contributed by atoms with Crippen LogP contribution in [0.5, 0.6) is 0 Å². The monoisotopic (exact) mass is 346 g/mol. The van der Waals surface area contributed by atoms with Gasteiger partial charge in [0.25, 0.3) is 0 Å². The van der Waals surface area contributed by atoms with Crippen LogP contribution in [-0.4, -0.2) is 47.6 Å². The highest BCUT2D eigenvalue weighted by Gasteiger charge is 2.26. The lowest BCUT2D eigenvalue weighted by atomic mass is 10.0. The van der Waals surface area contributed by atoms with E-state index in [9.17, 15) is 14.4 Å². The third-order valence-electron chi connectivity index (χ3n) is 2.57. The van der Waals surface area contributed by atoms with Gasteiger partial charge in [-0.25, -0.2) is 4.79 Å². The predicted octanol–water partition coefficient (Wildman–Crippen LogP) is -1.15. The van der Waals surface area contributed by atoms with Gasteiger partial charge >= 0.3 is 5.97 Å². The van der Waals surface area contributed by atoms with E-state index in [1.54, 1.807) is 13.8 Å². The number of carbonyl (C=O) groups is 3. The first-order valence-electron chi connectivity index (χ1n) is 5.99. The summed E-state index contributed by atoms with van der Waals surface area (Å²) >= 11 is 0. The topological polar surface area (TPSA) is 148 Å². The average Bonchev–Trinajstić information content (AvgIpc) is 2.33. The number of nitrogens with one attached hydrogen (secondary N) is 2. The zero-order valence-electron chi connectivity index (χ0n) is 12.2. The van der Waals surface area contributed by atoms with Crippen LogP contribution in [0.15, 0.2) is 0 Å². The van der Waals surface area contributed by atoms with E-state index in [1.807, 2.05) is 0 Å². The molecule has 0 aliphatic carbocycles. The van der Waals surface area contributed by atoms with Crippen molar-refractivity contribution < 1.29 is 19.5 Å². The summed E-state index contributed by atoms with van der Waals surface area (Å²) in [5.41, 5.74) is 10.6. The minimum Gasteiger partial charge on any atom is -0.480 e. The molecule has 0 heterocycles. The van der Waals surface area contributed by atoms with Crippen molar-refractivity contribution in [3.63, 3.8) is 0 Å². The second-order valence-electron chi connectivity index (χ2n) is 4.64. The van der Waals surface area contributed by atoms with Gasteiger partial charge in [0, 0.05) is 6.54 Å². The molecule has 0 aromatic rings. The van der Waals surface area contributed by atoms with E-state index in [4.69, 9.17) is 16.6 Å². The number of nitrogens with two attached hydrogens (primary N) is 2. The summed E-state index contributed by atoms with van der Waals surface area (Å²) in [5.74, 6) is -2.53. The molecule has 3 atom stereocenters. The highest BCUT2D eigenvalue weighted by molar-refractivity contribution is 5.91. The van der Waals surface area contributed by atoms with Crippen molar-refractivity contribution in [3.05, 3.63) is 0 Å². The lowest BCUT2D eigenvalue weighted by molar-refractivity contribution is -0.143. The van der Waals surface area contributed by atoms with E-state index in [2.05, 4.69) is 10.6 Å². The summed E-state index contributed by atoms with van der Waals surface area (Å²) in [4.78, 5) is 34.1. The van der Waals surface area contributed by atoms with Crippen molar-refractivity contribution in [2.75, 3.05) is 6.54 Å². The van der Waals surface area contributed by atoms with Crippen molar-refractivity contribution in [3.8, 4) is 0 Å². The second-order valence-corrected chi connectivity index (χ2v) is 4.64. The van der Waals surface area contributed by atoms with Crippen LogP contribution in [0, 0.1) is 5.92 Å². The number of aliphatic carboxylic acids is 1. The molecule has 0 spiro atoms. The zero-order valence-corrected chi connectivity index (χ0v) is 13.8. The van der Waals surface area contributed by atoms with Crippen LogP contribution < -0.4 is 22.1 Å². The fraction of sp³-hybridized carbons (Fsp3) is 0.727. The molecule has 7 N–H and O–H groups in total. The minimum atomic E-state index is -1.12. The highest BCUT2D eigenvalue weighted by Crippen LogP contribution is 2.02. The number of carbonyl (C=O) groups excluding carboxylic acids is 2. The molecule has 0 radical (unpaired) electrons. The van der Waals surface area contributed by atoms with Gasteiger partial charge in [0.1, 0.15) is 12.1 Å². The Morgan fingerprint density at radius 2 is 1.52 bits per heavy atom. The fourth-order valence-electron chi connectivity index (χ4n) is 1.28. The van der Waals surface area contributed by atoms with E-state index in [1.165, 1.54) is 6.92 Å². The first-order chi connectivity index (χ1) is 8.70. The Labute approximate surface area is 136 Å². The Morgan fingerprint density at radius 3 is 1.86 bits per heavy atom. The van der Waals surface area contributed by atoms with Gasteiger partial charge in [0.2, 0.25) is 11.8 Å². The largest absolute Gasteiger partial charge is 0.480 e. The van der Waals surface area contributed by atoms with E-state index < -0.39 is 35.9 Å². The highest BCUT2D eigenvalue weighted by atomic mass is 35.5. The quantitative estimate of drug-likeness (QED) is 0.393. The standard InChI is InChI=1S/C11H22N4O4.2ClH/c1-5(2)8(11(18)19)15-9(16)6(3)14-10(17)7(13)4-12;;/h5-8H,4,12-13H2,1-3H3,(H,14,17)(H,15,16)(H,18,19);2*1H/t6-,7?,8-;;/m0../s1. The predicted molar refractivity (Wildman–Crippen MR) is 83.5 cm³/mol. The Balaban J connectivity index is -0.00000162. The third-order valence-corrected chi connectivity index (χ3v) is 2.57. The second kappa shape index (κ2) is 11.6. The van der Waals surface area contributed by atoms with E-state index in [0.717, 1.165) is 0 Å². The van der Waals surface area contributed by atoms with Crippen LogP contribution in [0.1, 0.15) is 20.8 Å². The van der Waals surface area contributed by atoms with Gasteiger partial charge in [-0.05, 0) is 12.8 Å². The van der Waals surface area contributed by atoms with Crippen LogP contribution in [0.3, 0.4) is 0 Å². The molecule has 1 unspecified atom stereocenters. The molecule has 0 aliphatic heterocycles. The van der Waals surface area contributed by atoms with Gasteiger partial charge in [0.15, 0.2) is 0 Å². The normalized spacial score (nSPS) is 14.0. The maximum absolute atomic E-state index is 11.7. The van der Waals surface area contributed by atoms with Gasteiger partial charge in [-0.3, -0.25) is 9.59 Å². The van der Waals surface area contributed by atoms with Crippen LogP contribution in [-0.2, 0) is 14.4 Å². The SMILES string of the molecule is CC(C)[C@H](NC(=O)[C@H](C)NC(=O)C(N)CN)C(=O)O.Cl.Cl. The molecule has 0 fully saturated rings. The smallest absolute Gasteiger partial charge is 0.326 e. The fourth-order valence-corrected chi connectivity index (χ4v) is 1.28. The van der Waals surface area contributed by atoms with Crippen LogP contribution in [0.25, 0.3) is 0 Å². The number of hydrogen-bond donors (Lipinski definition) is 5. The van der Waals surface area contributed by atoms with Gasteiger partial charge in [-0.1, -0.05) is 13.8 Å². The first kappa shape index (κ1) is 24.9.